The van der Waals surface area contributed by atoms with Gasteiger partial charge in [0.1, 0.15) is 75.6 Å². The summed E-state index contributed by atoms with van der Waals surface area (Å²) in [5, 5.41) is 8.63. The highest BCUT2D eigenvalue weighted by molar-refractivity contribution is 9.11. The summed E-state index contributed by atoms with van der Waals surface area (Å²) in [4.78, 5) is 0. The second-order valence-electron chi connectivity index (χ2n) is 18.3. The van der Waals surface area contributed by atoms with Gasteiger partial charge in [0.05, 0.1) is 13.2 Å². The van der Waals surface area contributed by atoms with Crippen LogP contribution in [0.4, 0.5) is 0 Å². The van der Waals surface area contributed by atoms with Gasteiger partial charge in [-0.3, -0.25) is 0 Å². The second-order valence-corrected chi connectivity index (χ2v) is 22.0. The van der Waals surface area contributed by atoms with Crippen molar-refractivity contribution < 1.29 is 45.1 Å². The number of halogens is 5. The van der Waals surface area contributed by atoms with E-state index in [4.69, 9.17) is 23.7 Å². The van der Waals surface area contributed by atoms with Crippen molar-refractivity contribution in [3.63, 3.8) is 0 Å². The molecule has 1 aliphatic heterocycles. The van der Waals surface area contributed by atoms with Crippen LogP contribution in [-0.4, -0.2) is 57.2 Å². The van der Waals surface area contributed by atoms with Crippen molar-refractivity contribution in [2.75, 3.05) is 52.7 Å². The maximum atomic E-state index is 7.22. The molecular weight excluding hydrogens is 1240 g/mol. The number of ether oxygens (including phenoxy) is 5. The number of rotatable bonds is 4. The SMILES string of the molecule is Brc1ccc2c3c(ccc2c1)OCCOCCOc1ccc2cc(Br)ccc2c1-c1c(ccc2cc(Br)ccc12)OCC[N+](Cc1ccccc1)(Cc1ccccc1)CCOc1ccc2cc(Br)ccc2c1-3.[Br-]. The van der Waals surface area contributed by atoms with Crippen molar-refractivity contribution in [3.8, 4) is 45.3 Å². The van der Waals surface area contributed by atoms with E-state index in [0.717, 1.165) is 119 Å². The van der Waals surface area contributed by atoms with Gasteiger partial charge in [0, 0.05) is 51.3 Å². The highest BCUT2D eigenvalue weighted by Crippen LogP contribution is 2.48. The maximum absolute atomic E-state index is 7.22. The molecule has 0 bridgehead atoms. The van der Waals surface area contributed by atoms with Gasteiger partial charge in [0.15, 0.2) is 0 Å². The fraction of sp³-hybridized carbons (Fsp3) is 0.161. The van der Waals surface area contributed by atoms with Crippen molar-refractivity contribution in [1.29, 1.82) is 0 Å². The molecule has 0 aliphatic carbocycles. The lowest BCUT2D eigenvalue weighted by atomic mass is 9.92. The molecule has 0 radical (unpaired) electrons. The molecule has 6 nitrogen and oxygen atoms in total. The Morgan fingerprint density at radius 3 is 0.945 bits per heavy atom. The third-order valence-corrected chi connectivity index (χ3v) is 15.6. The number of fused-ring (bicyclic) bond motifs is 14. The summed E-state index contributed by atoms with van der Waals surface area (Å²) >= 11 is 15.0. The fourth-order valence-electron chi connectivity index (χ4n) is 10.3. The van der Waals surface area contributed by atoms with Crippen LogP contribution in [0.1, 0.15) is 11.1 Å². The molecule has 0 fully saturated rings. The summed E-state index contributed by atoms with van der Waals surface area (Å²) in [6.07, 6.45) is 0. The molecule has 0 spiro atoms. The Morgan fingerprint density at radius 2 is 0.630 bits per heavy atom. The first-order chi connectivity index (χ1) is 35.3. The van der Waals surface area contributed by atoms with Crippen LogP contribution in [0.5, 0.6) is 23.0 Å². The summed E-state index contributed by atoms with van der Waals surface area (Å²) in [5.74, 6) is 3.10. The normalized spacial score (nSPS) is 14.4. The Kier molecular flexibility index (Phi) is 16.2. The predicted octanol–water partition coefficient (Wildman–Crippen LogP) is 14.2. The highest BCUT2D eigenvalue weighted by atomic mass is 79.9. The van der Waals surface area contributed by atoms with Crippen LogP contribution >= 0.6 is 63.7 Å². The molecule has 11 heteroatoms. The minimum Gasteiger partial charge on any atom is -1.00 e. The molecule has 10 aromatic rings. The standard InChI is InChI=1S/C62H50Br4NO5.BrH/c63-47-15-19-51-43(35-47)11-23-55-59(51)61-53-21-17-49(65)37-45(53)13-25-57(61)71-33-31-68-32-34-72-58-26-14-46-38-50(66)18-22-54(46)62(58)60-52-20-16-48(64)36-44(52)12-24-56(60)70-30-28-67(27-29-69-55,39-41-7-3-1-4-8-41)40-42-9-5-2-6-10-42;/h1-26,35-38H,27-34,39-40H2;1H/q+1;/p-1. The van der Waals surface area contributed by atoms with E-state index < -0.39 is 0 Å². The molecule has 0 saturated heterocycles. The van der Waals surface area contributed by atoms with Gasteiger partial charge >= 0.3 is 0 Å². The zero-order valence-corrected chi connectivity index (χ0v) is 47.7. The predicted molar refractivity (Wildman–Crippen MR) is 308 cm³/mol. The third kappa shape index (κ3) is 11.4. The first-order valence-corrected chi connectivity index (χ1v) is 27.4. The van der Waals surface area contributed by atoms with E-state index in [-0.39, 0.29) is 17.0 Å². The molecule has 0 unspecified atom stereocenters. The van der Waals surface area contributed by atoms with E-state index in [2.05, 4.69) is 246 Å². The molecule has 10 aromatic carbocycles. The Hall–Kier alpha value is -5.24. The molecule has 0 aromatic heterocycles. The molecule has 1 aliphatic rings. The lowest BCUT2D eigenvalue weighted by Crippen LogP contribution is -3.00. The largest absolute Gasteiger partial charge is 1.00 e. The van der Waals surface area contributed by atoms with E-state index in [1.54, 1.807) is 0 Å². The fourth-order valence-corrected chi connectivity index (χ4v) is 11.8. The second kappa shape index (κ2) is 23.1. The molecule has 1 heterocycles. The van der Waals surface area contributed by atoms with E-state index in [9.17, 15) is 0 Å². The van der Waals surface area contributed by atoms with Crippen LogP contribution in [0.25, 0.3) is 65.3 Å². The topological polar surface area (TPSA) is 46.2 Å². The summed E-state index contributed by atoms with van der Waals surface area (Å²) in [6.45, 7) is 5.23. The number of nitrogens with zero attached hydrogens (tertiary/aromatic N) is 1. The molecule has 73 heavy (non-hydrogen) atoms. The summed E-state index contributed by atoms with van der Waals surface area (Å²) in [5.41, 5.74) is 6.43. The smallest absolute Gasteiger partial charge is 0.137 e. The van der Waals surface area contributed by atoms with Crippen LogP contribution in [0.15, 0.2) is 200 Å². The van der Waals surface area contributed by atoms with Crippen molar-refractivity contribution in [2.24, 2.45) is 0 Å². The summed E-state index contributed by atoms with van der Waals surface area (Å²) in [7, 11) is 0. The molecule has 0 atom stereocenters. The van der Waals surface area contributed by atoms with E-state index in [1.165, 1.54) is 11.1 Å². The van der Waals surface area contributed by atoms with Crippen LogP contribution in [-0.2, 0) is 17.8 Å². The number of quaternary nitrogens is 1. The van der Waals surface area contributed by atoms with Crippen LogP contribution in [0.2, 0.25) is 0 Å². The average molecular weight is 1290 g/mol. The lowest BCUT2D eigenvalue weighted by molar-refractivity contribution is -0.953. The zero-order chi connectivity index (χ0) is 49.0. The minimum absolute atomic E-state index is 0. The first-order valence-electron chi connectivity index (χ1n) is 24.2. The van der Waals surface area contributed by atoms with Crippen LogP contribution in [0, 0.1) is 0 Å². The van der Waals surface area contributed by atoms with Crippen LogP contribution in [0.3, 0.4) is 0 Å². The number of benzene rings is 10. The average Bonchev–Trinajstić information content (AvgIpc) is 3.38. The highest BCUT2D eigenvalue weighted by Gasteiger charge is 2.31. The Balaban J connectivity index is 0.00000611. The lowest BCUT2D eigenvalue weighted by Gasteiger charge is -2.39. The van der Waals surface area contributed by atoms with Gasteiger partial charge in [-0.05, 0) is 116 Å². The number of hydrogen-bond acceptors (Lipinski definition) is 5. The summed E-state index contributed by atoms with van der Waals surface area (Å²) < 4.78 is 39.0. The monoisotopic (exact) mass is 1280 g/mol. The molecule has 11 rings (SSSR count). The van der Waals surface area contributed by atoms with Gasteiger partial charge in [-0.25, -0.2) is 0 Å². The van der Waals surface area contributed by atoms with E-state index in [1.807, 2.05) is 0 Å². The molecule has 0 N–H and O–H groups in total. The van der Waals surface area contributed by atoms with Gasteiger partial charge in [-0.1, -0.05) is 173 Å². The Bertz CT molecular complexity index is 3360. The van der Waals surface area contributed by atoms with Gasteiger partial charge in [-0.15, -0.1) is 0 Å². The van der Waals surface area contributed by atoms with Crippen molar-refractivity contribution in [2.45, 2.75) is 13.1 Å². The quantitative estimate of drug-likeness (QED) is 0.164. The molecule has 0 saturated carbocycles. The first kappa shape index (κ1) is 51.3. The van der Waals surface area contributed by atoms with Gasteiger partial charge < -0.3 is 45.1 Å². The molecule has 0 amide bonds. The van der Waals surface area contributed by atoms with Gasteiger partial charge in [0.2, 0.25) is 0 Å². The van der Waals surface area contributed by atoms with E-state index in [0.29, 0.717) is 57.2 Å². The third-order valence-electron chi connectivity index (χ3n) is 13.6. The van der Waals surface area contributed by atoms with Crippen molar-refractivity contribution in [1.82, 2.24) is 0 Å². The van der Waals surface area contributed by atoms with Crippen molar-refractivity contribution in [3.05, 3.63) is 211 Å². The Labute approximate surface area is 470 Å². The van der Waals surface area contributed by atoms with Gasteiger partial charge in [-0.2, -0.15) is 0 Å². The zero-order valence-electron chi connectivity index (χ0n) is 39.8. The van der Waals surface area contributed by atoms with E-state index >= 15 is 0 Å². The summed E-state index contributed by atoms with van der Waals surface area (Å²) in [6, 6.07) is 64.4. The number of hydrogen-bond donors (Lipinski definition) is 0. The molecule has 368 valence electrons. The minimum atomic E-state index is 0. The van der Waals surface area contributed by atoms with Crippen molar-refractivity contribution >= 4 is 107 Å². The maximum Gasteiger partial charge on any atom is 0.137 e. The Morgan fingerprint density at radius 1 is 0.329 bits per heavy atom. The molecular formula is C62H50Br5NO5. The van der Waals surface area contributed by atoms with Crippen LogP contribution < -0.4 is 35.9 Å². The van der Waals surface area contributed by atoms with Gasteiger partial charge in [0.25, 0.3) is 0 Å².